The summed E-state index contributed by atoms with van der Waals surface area (Å²) in [7, 11) is 0. The first kappa shape index (κ1) is 22.2. The van der Waals surface area contributed by atoms with Crippen LogP contribution in [0, 0.1) is 5.92 Å². The van der Waals surface area contributed by atoms with Gasteiger partial charge in [-0.1, -0.05) is 74.5 Å². The second-order valence-corrected chi connectivity index (χ2v) is 8.85. The van der Waals surface area contributed by atoms with E-state index in [1.165, 1.54) is 11.1 Å². The molecule has 1 unspecified atom stereocenters. The standard InChI is InChI=1S/C25H35NO2/c1-19(2)23(17-24(27)28-25(4,5)6)26(18-21-13-9-7-10-14-21)20(3)22-15-11-8-12-16-22/h7-16,19-20,23H,17-18H2,1-6H3/t20-,23?/m1/s1. The van der Waals surface area contributed by atoms with Crippen molar-refractivity contribution in [3.8, 4) is 0 Å². The molecule has 2 atom stereocenters. The van der Waals surface area contributed by atoms with E-state index in [9.17, 15) is 4.79 Å². The van der Waals surface area contributed by atoms with E-state index in [0.29, 0.717) is 12.3 Å². The molecule has 0 aliphatic carbocycles. The lowest BCUT2D eigenvalue weighted by atomic mass is 9.94. The number of esters is 1. The lowest BCUT2D eigenvalue weighted by molar-refractivity contribution is -0.157. The molecule has 0 saturated carbocycles. The van der Waals surface area contributed by atoms with Gasteiger partial charge in [0.15, 0.2) is 0 Å². The van der Waals surface area contributed by atoms with Crippen LogP contribution in [0.5, 0.6) is 0 Å². The number of hydrogen-bond acceptors (Lipinski definition) is 3. The molecule has 0 N–H and O–H groups in total. The molecule has 2 rings (SSSR count). The first-order chi connectivity index (χ1) is 13.2. The summed E-state index contributed by atoms with van der Waals surface area (Å²) < 4.78 is 5.64. The SMILES string of the molecule is CC(C)C(CC(=O)OC(C)(C)C)N(Cc1ccccc1)[C@H](C)c1ccccc1. The van der Waals surface area contributed by atoms with Gasteiger partial charge in [0, 0.05) is 18.6 Å². The zero-order valence-corrected chi connectivity index (χ0v) is 18.2. The minimum atomic E-state index is -0.464. The quantitative estimate of drug-likeness (QED) is 0.525. The van der Waals surface area contributed by atoms with Gasteiger partial charge < -0.3 is 4.74 Å². The van der Waals surface area contributed by atoms with Gasteiger partial charge in [0.05, 0.1) is 6.42 Å². The van der Waals surface area contributed by atoms with Gasteiger partial charge in [0.1, 0.15) is 5.60 Å². The maximum absolute atomic E-state index is 12.6. The molecule has 0 spiro atoms. The Labute approximate surface area is 170 Å². The predicted octanol–water partition coefficient (Wildman–Crippen LogP) is 6.01. The van der Waals surface area contributed by atoms with Crippen molar-refractivity contribution >= 4 is 5.97 Å². The van der Waals surface area contributed by atoms with E-state index in [0.717, 1.165) is 6.54 Å². The van der Waals surface area contributed by atoms with Crippen molar-refractivity contribution < 1.29 is 9.53 Å². The molecular weight excluding hydrogens is 346 g/mol. The molecule has 2 aromatic rings. The third kappa shape index (κ3) is 6.79. The molecule has 0 heterocycles. The molecule has 0 saturated heterocycles. The highest BCUT2D eigenvalue weighted by atomic mass is 16.6. The Morgan fingerprint density at radius 1 is 0.929 bits per heavy atom. The number of carbonyl (C=O) groups excluding carboxylic acids is 1. The lowest BCUT2D eigenvalue weighted by Gasteiger charge is -2.39. The summed E-state index contributed by atoms with van der Waals surface area (Å²) in [6.45, 7) is 13.2. The van der Waals surface area contributed by atoms with Crippen LogP contribution >= 0.6 is 0 Å². The Kier molecular flexibility index (Phi) is 7.82. The zero-order chi connectivity index (χ0) is 20.7. The Morgan fingerprint density at radius 3 is 1.96 bits per heavy atom. The molecule has 0 aliphatic rings. The van der Waals surface area contributed by atoms with E-state index >= 15 is 0 Å². The number of carbonyl (C=O) groups is 1. The summed E-state index contributed by atoms with van der Waals surface area (Å²) in [5, 5.41) is 0. The molecule has 28 heavy (non-hydrogen) atoms. The van der Waals surface area contributed by atoms with Gasteiger partial charge in [-0.15, -0.1) is 0 Å². The maximum Gasteiger partial charge on any atom is 0.307 e. The second-order valence-electron chi connectivity index (χ2n) is 8.85. The third-order valence-corrected chi connectivity index (χ3v) is 4.98. The normalized spacial score (nSPS) is 14.1. The van der Waals surface area contributed by atoms with Crippen molar-refractivity contribution in [2.45, 2.75) is 72.2 Å². The monoisotopic (exact) mass is 381 g/mol. The van der Waals surface area contributed by atoms with Crippen molar-refractivity contribution in [2.24, 2.45) is 5.92 Å². The number of rotatable bonds is 8. The van der Waals surface area contributed by atoms with Crippen molar-refractivity contribution in [1.29, 1.82) is 0 Å². The van der Waals surface area contributed by atoms with Gasteiger partial charge in [-0.2, -0.15) is 0 Å². The van der Waals surface area contributed by atoms with Crippen molar-refractivity contribution in [2.75, 3.05) is 0 Å². The first-order valence-corrected chi connectivity index (χ1v) is 10.2. The van der Waals surface area contributed by atoms with Crippen LogP contribution < -0.4 is 0 Å². The molecule has 0 bridgehead atoms. The van der Waals surface area contributed by atoms with E-state index in [2.05, 4.69) is 74.2 Å². The van der Waals surface area contributed by atoms with Crippen LogP contribution in [-0.4, -0.2) is 22.5 Å². The largest absolute Gasteiger partial charge is 0.460 e. The average molecular weight is 382 g/mol. The van der Waals surface area contributed by atoms with Gasteiger partial charge in [-0.25, -0.2) is 0 Å². The molecule has 152 valence electrons. The second kappa shape index (κ2) is 9.88. The average Bonchev–Trinajstić information content (AvgIpc) is 2.64. The minimum Gasteiger partial charge on any atom is -0.460 e. The van der Waals surface area contributed by atoms with Gasteiger partial charge >= 0.3 is 5.97 Å². The van der Waals surface area contributed by atoms with Crippen molar-refractivity contribution in [3.05, 3.63) is 71.8 Å². The predicted molar refractivity (Wildman–Crippen MR) is 116 cm³/mol. The molecule has 0 amide bonds. The van der Waals surface area contributed by atoms with E-state index in [4.69, 9.17) is 4.74 Å². The zero-order valence-electron chi connectivity index (χ0n) is 18.2. The highest BCUT2D eigenvalue weighted by Crippen LogP contribution is 2.30. The number of hydrogen-bond donors (Lipinski definition) is 0. The number of ether oxygens (including phenoxy) is 1. The van der Waals surface area contributed by atoms with Crippen LogP contribution in [0.2, 0.25) is 0 Å². The molecular formula is C25H35NO2. The van der Waals surface area contributed by atoms with E-state index in [1.807, 2.05) is 32.9 Å². The molecule has 3 nitrogen and oxygen atoms in total. The number of nitrogens with zero attached hydrogens (tertiary/aromatic N) is 1. The smallest absolute Gasteiger partial charge is 0.307 e. The van der Waals surface area contributed by atoms with E-state index in [1.54, 1.807) is 0 Å². The highest BCUT2D eigenvalue weighted by Gasteiger charge is 2.31. The summed E-state index contributed by atoms with van der Waals surface area (Å²) >= 11 is 0. The summed E-state index contributed by atoms with van der Waals surface area (Å²) in [4.78, 5) is 15.1. The van der Waals surface area contributed by atoms with Gasteiger partial charge in [0.25, 0.3) is 0 Å². The van der Waals surface area contributed by atoms with Gasteiger partial charge in [0.2, 0.25) is 0 Å². The van der Waals surface area contributed by atoms with E-state index < -0.39 is 5.60 Å². The number of benzene rings is 2. The lowest BCUT2D eigenvalue weighted by Crippen LogP contribution is -2.42. The Hall–Kier alpha value is -2.13. The van der Waals surface area contributed by atoms with Crippen LogP contribution in [0.25, 0.3) is 0 Å². The van der Waals surface area contributed by atoms with Gasteiger partial charge in [-0.3, -0.25) is 9.69 Å². The molecule has 0 radical (unpaired) electrons. The molecule has 3 heteroatoms. The van der Waals surface area contributed by atoms with Crippen molar-refractivity contribution in [3.63, 3.8) is 0 Å². The van der Waals surface area contributed by atoms with Crippen LogP contribution in [0.15, 0.2) is 60.7 Å². The summed E-state index contributed by atoms with van der Waals surface area (Å²) in [5.41, 5.74) is 2.04. The van der Waals surface area contributed by atoms with Crippen molar-refractivity contribution in [1.82, 2.24) is 4.90 Å². The summed E-state index contributed by atoms with van der Waals surface area (Å²) in [5.74, 6) is 0.187. The molecule has 0 fully saturated rings. The molecule has 0 aliphatic heterocycles. The third-order valence-electron chi connectivity index (χ3n) is 4.98. The van der Waals surface area contributed by atoms with Gasteiger partial charge in [-0.05, 0) is 44.7 Å². The highest BCUT2D eigenvalue weighted by molar-refractivity contribution is 5.70. The fourth-order valence-electron chi connectivity index (χ4n) is 3.55. The van der Waals surface area contributed by atoms with Crippen LogP contribution in [0.4, 0.5) is 0 Å². The fourth-order valence-corrected chi connectivity index (χ4v) is 3.55. The maximum atomic E-state index is 12.6. The Morgan fingerprint density at radius 2 is 1.46 bits per heavy atom. The Balaban J connectivity index is 2.31. The summed E-state index contributed by atoms with van der Waals surface area (Å²) in [6, 6.07) is 21.3. The minimum absolute atomic E-state index is 0.0882. The van der Waals surface area contributed by atoms with Crippen LogP contribution in [-0.2, 0) is 16.1 Å². The van der Waals surface area contributed by atoms with Crippen LogP contribution in [0.3, 0.4) is 0 Å². The molecule has 0 aromatic heterocycles. The first-order valence-electron chi connectivity index (χ1n) is 10.2. The topological polar surface area (TPSA) is 29.5 Å². The molecule has 2 aromatic carbocycles. The van der Waals surface area contributed by atoms with E-state index in [-0.39, 0.29) is 18.1 Å². The fraction of sp³-hybridized carbons (Fsp3) is 0.480. The summed E-state index contributed by atoms with van der Waals surface area (Å²) in [6.07, 6.45) is 0.388. The Bertz CT molecular complexity index is 719. The van der Waals surface area contributed by atoms with Crippen LogP contribution in [0.1, 0.15) is 65.1 Å².